The normalized spacial score (nSPS) is 13.4. The number of ether oxygens (including phenoxy) is 2. The highest BCUT2D eigenvalue weighted by atomic mass is 16.6. The lowest BCUT2D eigenvalue weighted by molar-refractivity contribution is -0.159. The first kappa shape index (κ1) is 39.6. The van der Waals surface area contributed by atoms with E-state index in [4.69, 9.17) is 15.2 Å². The average molecular weight is 669 g/mol. The summed E-state index contributed by atoms with van der Waals surface area (Å²) in [5.41, 5.74) is 5.02. The van der Waals surface area contributed by atoms with Crippen LogP contribution in [-0.2, 0) is 35.1 Å². The maximum Gasteiger partial charge on any atom is 0.408 e. The van der Waals surface area contributed by atoms with Gasteiger partial charge in [-0.3, -0.25) is 14.4 Å². The van der Waals surface area contributed by atoms with Crippen LogP contribution in [0, 0.1) is 6.92 Å². The predicted octanol–water partition coefficient (Wildman–Crippen LogP) is 4.60. The fraction of sp³-hybridized carbons (Fsp3) is 0.528. The van der Waals surface area contributed by atoms with Crippen LogP contribution in [0.15, 0.2) is 48.5 Å². The number of nitrogens with zero attached hydrogens (tertiary/aromatic N) is 1. The van der Waals surface area contributed by atoms with Crippen molar-refractivity contribution in [2.75, 3.05) is 6.54 Å². The van der Waals surface area contributed by atoms with E-state index in [1.807, 2.05) is 37.3 Å². The van der Waals surface area contributed by atoms with E-state index in [-0.39, 0.29) is 24.3 Å². The standard InChI is InChI=1S/C36H52N4O8/c1-9-10-14-20-40(32(44)26(22-28(37)41)39-34(46)48-36(6,7)8)29(25-19-15-16-23(2)30(25)42)31(43)38-27(33(45)47-35(3,4)5)21-24-17-12-11-13-18-24/h11-13,15-19,26-27,29,42H,9-10,14,20-22H2,1-8H3,(H2,37,41)(H,38,43)(H,39,46). The summed E-state index contributed by atoms with van der Waals surface area (Å²) in [4.78, 5) is 68.5. The second-order valence-electron chi connectivity index (χ2n) is 13.8. The van der Waals surface area contributed by atoms with Crippen molar-refractivity contribution in [2.45, 2.75) is 117 Å². The Hall–Kier alpha value is -4.61. The number of primary amides is 1. The average Bonchev–Trinajstić information content (AvgIpc) is 2.96. The van der Waals surface area contributed by atoms with Crippen LogP contribution in [0.5, 0.6) is 5.75 Å². The number of amides is 4. The van der Waals surface area contributed by atoms with Crippen LogP contribution in [-0.4, -0.2) is 69.6 Å². The zero-order valence-corrected chi connectivity index (χ0v) is 29.4. The van der Waals surface area contributed by atoms with E-state index in [1.165, 1.54) is 11.0 Å². The van der Waals surface area contributed by atoms with Crippen LogP contribution in [0.4, 0.5) is 4.79 Å². The number of hydrogen-bond donors (Lipinski definition) is 4. The van der Waals surface area contributed by atoms with Crippen molar-refractivity contribution in [3.8, 4) is 5.75 Å². The fourth-order valence-corrected chi connectivity index (χ4v) is 4.97. The van der Waals surface area contributed by atoms with Crippen LogP contribution in [0.1, 0.15) is 96.9 Å². The molecule has 12 nitrogen and oxygen atoms in total. The minimum atomic E-state index is -1.49. The first-order valence-electron chi connectivity index (χ1n) is 16.3. The van der Waals surface area contributed by atoms with Crippen LogP contribution in [0.25, 0.3) is 0 Å². The molecular weight excluding hydrogens is 616 g/mol. The van der Waals surface area contributed by atoms with Crippen molar-refractivity contribution < 1.29 is 38.6 Å². The van der Waals surface area contributed by atoms with Crippen molar-refractivity contribution in [3.05, 3.63) is 65.2 Å². The second-order valence-corrected chi connectivity index (χ2v) is 13.8. The summed E-state index contributed by atoms with van der Waals surface area (Å²) < 4.78 is 11.0. The summed E-state index contributed by atoms with van der Waals surface area (Å²) in [6, 6.07) is 9.72. The van der Waals surface area contributed by atoms with Gasteiger partial charge in [0, 0.05) is 18.5 Å². The van der Waals surface area contributed by atoms with Crippen molar-refractivity contribution in [1.82, 2.24) is 15.5 Å². The van der Waals surface area contributed by atoms with E-state index in [0.717, 1.165) is 12.0 Å². The number of benzene rings is 2. The molecule has 0 aromatic heterocycles. The third kappa shape index (κ3) is 12.9. The monoisotopic (exact) mass is 668 g/mol. The molecule has 3 unspecified atom stereocenters. The predicted molar refractivity (Wildman–Crippen MR) is 182 cm³/mol. The highest BCUT2D eigenvalue weighted by Gasteiger charge is 2.40. The molecule has 2 aromatic carbocycles. The first-order valence-corrected chi connectivity index (χ1v) is 16.3. The van der Waals surface area contributed by atoms with Gasteiger partial charge < -0.3 is 35.8 Å². The number of hydrogen-bond acceptors (Lipinski definition) is 8. The molecule has 0 heterocycles. The Balaban J connectivity index is 2.69. The van der Waals surface area contributed by atoms with Gasteiger partial charge in [0.1, 0.15) is 35.1 Å². The molecule has 0 fully saturated rings. The number of carbonyl (C=O) groups excluding carboxylic acids is 5. The smallest absolute Gasteiger partial charge is 0.408 e. The number of alkyl carbamates (subject to hydrolysis) is 1. The highest BCUT2D eigenvalue weighted by Crippen LogP contribution is 2.33. The van der Waals surface area contributed by atoms with Gasteiger partial charge in [-0.2, -0.15) is 0 Å². The van der Waals surface area contributed by atoms with E-state index in [1.54, 1.807) is 60.6 Å². The van der Waals surface area contributed by atoms with Gasteiger partial charge in [-0.15, -0.1) is 0 Å². The quantitative estimate of drug-likeness (QED) is 0.157. The van der Waals surface area contributed by atoms with E-state index >= 15 is 0 Å². The Morgan fingerprint density at radius 3 is 2.04 bits per heavy atom. The molecule has 0 spiro atoms. The molecule has 3 atom stereocenters. The van der Waals surface area contributed by atoms with Gasteiger partial charge >= 0.3 is 12.1 Å². The Kier molecular flexibility index (Phi) is 14.4. The number of para-hydroxylation sites is 1. The van der Waals surface area contributed by atoms with Crippen molar-refractivity contribution in [1.29, 1.82) is 0 Å². The summed E-state index contributed by atoms with van der Waals surface area (Å²) in [6.45, 7) is 13.7. The van der Waals surface area contributed by atoms with Gasteiger partial charge in [0.25, 0.3) is 0 Å². The maximum atomic E-state index is 14.5. The second kappa shape index (κ2) is 17.5. The molecule has 0 aliphatic carbocycles. The number of unbranched alkanes of at least 4 members (excludes halogenated alkanes) is 2. The van der Waals surface area contributed by atoms with E-state index in [9.17, 15) is 29.1 Å². The Morgan fingerprint density at radius 2 is 1.48 bits per heavy atom. The summed E-state index contributed by atoms with van der Waals surface area (Å²) >= 11 is 0. The lowest BCUT2D eigenvalue weighted by Gasteiger charge is -2.35. The number of nitrogens with one attached hydrogen (secondary N) is 2. The van der Waals surface area contributed by atoms with Gasteiger partial charge in [-0.05, 0) is 66.0 Å². The summed E-state index contributed by atoms with van der Waals surface area (Å²) in [5.74, 6) is -3.36. The Labute approximate surface area is 283 Å². The minimum absolute atomic E-state index is 0.0131. The number of esters is 1. The molecule has 264 valence electrons. The SMILES string of the molecule is CCCCCN(C(=O)C(CC(N)=O)NC(=O)OC(C)(C)C)C(C(=O)NC(Cc1ccccc1)C(=O)OC(C)(C)C)c1cccc(C)c1O. The van der Waals surface area contributed by atoms with E-state index in [2.05, 4.69) is 10.6 Å². The van der Waals surface area contributed by atoms with Crippen molar-refractivity contribution in [2.24, 2.45) is 5.73 Å². The molecular formula is C36H52N4O8. The van der Waals surface area contributed by atoms with E-state index < -0.39 is 65.5 Å². The zero-order chi connectivity index (χ0) is 36.2. The number of rotatable bonds is 15. The van der Waals surface area contributed by atoms with Crippen molar-refractivity contribution >= 4 is 29.8 Å². The maximum absolute atomic E-state index is 14.5. The van der Waals surface area contributed by atoms with Gasteiger partial charge in [0.05, 0.1) is 6.42 Å². The van der Waals surface area contributed by atoms with Crippen LogP contribution >= 0.6 is 0 Å². The topological polar surface area (TPSA) is 177 Å². The van der Waals surface area contributed by atoms with Gasteiger partial charge in [0.15, 0.2) is 0 Å². The Bertz CT molecular complexity index is 1420. The molecule has 0 radical (unpaired) electrons. The third-order valence-corrected chi connectivity index (χ3v) is 7.09. The van der Waals surface area contributed by atoms with Gasteiger partial charge in [-0.25, -0.2) is 9.59 Å². The highest BCUT2D eigenvalue weighted by molar-refractivity contribution is 5.96. The largest absolute Gasteiger partial charge is 0.507 e. The van der Waals surface area contributed by atoms with Gasteiger partial charge in [0.2, 0.25) is 17.7 Å². The molecule has 5 N–H and O–H groups in total. The zero-order valence-electron chi connectivity index (χ0n) is 29.4. The molecule has 48 heavy (non-hydrogen) atoms. The molecule has 2 rings (SSSR count). The van der Waals surface area contributed by atoms with Gasteiger partial charge in [-0.1, -0.05) is 68.3 Å². The number of phenols is 1. The molecule has 0 saturated carbocycles. The lowest BCUT2D eigenvalue weighted by atomic mass is 9.97. The number of aryl methyl sites for hydroxylation is 1. The minimum Gasteiger partial charge on any atom is -0.507 e. The molecule has 12 heteroatoms. The number of phenolic OH excluding ortho intramolecular Hbond substituents is 1. The lowest BCUT2D eigenvalue weighted by Crippen LogP contribution is -2.55. The molecule has 0 aliphatic rings. The number of nitrogens with two attached hydrogens (primary N) is 1. The fourth-order valence-electron chi connectivity index (χ4n) is 4.97. The first-order chi connectivity index (χ1) is 22.3. The molecule has 0 bridgehead atoms. The summed E-state index contributed by atoms with van der Waals surface area (Å²) in [5, 5.41) is 16.5. The third-order valence-electron chi connectivity index (χ3n) is 7.09. The van der Waals surface area contributed by atoms with Crippen LogP contribution < -0.4 is 16.4 Å². The Morgan fingerprint density at radius 1 is 0.854 bits per heavy atom. The van der Waals surface area contributed by atoms with Crippen LogP contribution in [0.2, 0.25) is 0 Å². The molecule has 0 saturated heterocycles. The van der Waals surface area contributed by atoms with E-state index in [0.29, 0.717) is 18.4 Å². The molecule has 4 amide bonds. The number of carbonyl (C=O) groups is 5. The van der Waals surface area contributed by atoms with Crippen molar-refractivity contribution in [3.63, 3.8) is 0 Å². The summed E-state index contributed by atoms with van der Waals surface area (Å²) in [6.07, 6.45) is 0.476. The van der Waals surface area contributed by atoms with Crippen LogP contribution in [0.3, 0.4) is 0 Å². The molecule has 0 aliphatic heterocycles. The summed E-state index contributed by atoms with van der Waals surface area (Å²) in [7, 11) is 0. The number of aromatic hydroxyl groups is 1. The molecule has 2 aromatic rings.